The summed E-state index contributed by atoms with van der Waals surface area (Å²) in [5, 5.41) is 10.6. The van der Waals surface area contributed by atoms with Crippen molar-refractivity contribution in [1.82, 2.24) is 0 Å². The highest BCUT2D eigenvalue weighted by Gasteiger charge is 2.56. The number of methoxy groups -OCH3 is 2. The molecule has 0 radical (unpaired) electrons. The summed E-state index contributed by atoms with van der Waals surface area (Å²) < 4.78 is 23.1. The summed E-state index contributed by atoms with van der Waals surface area (Å²) in [6, 6.07) is 5.23. The Balaban J connectivity index is 2.65. The Morgan fingerprint density at radius 1 is 1.25 bits per heavy atom. The molecule has 0 saturated heterocycles. The molecule has 6 nitrogen and oxygen atoms in total. The van der Waals surface area contributed by atoms with Crippen LogP contribution in [0.15, 0.2) is 24.3 Å². The van der Waals surface area contributed by atoms with Crippen LogP contribution in [0.1, 0.15) is 24.8 Å². The van der Waals surface area contributed by atoms with Gasteiger partial charge in [-0.15, -0.1) is 0 Å². The third kappa shape index (κ3) is 3.17. The van der Waals surface area contributed by atoms with Crippen LogP contribution in [0.25, 0.3) is 0 Å². The van der Waals surface area contributed by atoms with Gasteiger partial charge in [0.15, 0.2) is 5.78 Å². The van der Waals surface area contributed by atoms with E-state index in [1.807, 2.05) is 0 Å². The first-order chi connectivity index (χ1) is 11.2. The number of hydrogen-bond acceptors (Lipinski definition) is 6. The SMILES string of the molecule is COC(=O)[C@H]1C(=O)C[C@](C)(O)[C@H](C(=O)OC)[C@H]1c1cccc(F)c1. The smallest absolute Gasteiger partial charge is 0.316 e. The molecule has 1 aromatic carbocycles. The summed E-state index contributed by atoms with van der Waals surface area (Å²) >= 11 is 0. The molecule has 0 heterocycles. The average molecular weight is 338 g/mol. The number of ether oxygens (including phenoxy) is 2. The standard InChI is InChI=1S/C17H19FO6/c1-17(22)8-11(19)13(15(20)23-2)12(14(17)16(21)24-3)9-5-4-6-10(18)7-9/h4-7,12-14,22H,8H2,1-3H3/t12-,13-,14-,17-/m0/s1. The van der Waals surface area contributed by atoms with Gasteiger partial charge in [0, 0.05) is 12.3 Å². The Hall–Kier alpha value is -2.28. The van der Waals surface area contributed by atoms with Crippen molar-refractivity contribution in [3.63, 3.8) is 0 Å². The fourth-order valence-corrected chi connectivity index (χ4v) is 3.38. The molecule has 0 aromatic heterocycles. The summed E-state index contributed by atoms with van der Waals surface area (Å²) in [6.07, 6.45) is -0.404. The van der Waals surface area contributed by atoms with E-state index in [1.54, 1.807) is 0 Å². The van der Waals surface area contributed by atoms with Crippen molar-refractivity contribution in [2.45, 2.75) is 24.9 Å². The summed E-state index contributed by atoms with van der Waals surface area (Å²) in [6.45, 7) is 1.33. The van der Waals surface area contributed by atoms with Gasteiger partial charge in [-0.2, -0.15) is 0 Å². The zero-order valence-electron chi connectivity index (χ0n) is 13.6. The van der Waals surface area contributed by atoms with E-state index in [4.69, 9.17) is 4.74 Å². The van der Waals surface area contributed by atoms with Gasteiger partial charge in [0.1, 0.15) is 11.7 Å². The number of carbonyl (C=O) groups excluding carboxylic acids is 3. The Morgan fingerprint density at radius 2 is 1.88 bits per heavy atom. The normalized spacial score (nSPS) is 29.9. The number of aliphatic hydroxyl groups is 1. The molecule has 1 aliphatic rings. The lowest BCUT2D eigenvalue weighted by atomic mass is 9.62. The highest BCUT2D eigenvalue weighted by Crippen LogP contribution is 2.46. The van der Waals surface area contributed by atoms with E-state index in [0.717, 1.165) is 20.3 Å². The fraction of sp³-hybridized carbons (Fsp3) is 0.471. The summed E-state index contributed by atoms with van der Waals surface area (Å²) in [5.41, 5.74) is -1.49. The second-order valence-corrected chi connectivity index (χ2v) is 6.08. The number of benzene rings is 1. The van der Waals surface area contributed by atoms with Crippen LogP contribution in [-0.4, -0.2) is 42.6 Å². The van der Waals surface area contributed by atoms with Crippen molar-refractivity contribution in [2.24, 2.45) is 11.8 Å². The van der Waals surface area contributed by atoms with E-state index >= 15 is 0 Å². The lowest BCUT2D eigenvalue weighted by Gasteiger charge is -2.43. The lowest BCUT2D eigenvalue weighted by Crippen LogP contribution is -2.55. The van der Waals surface area contributed by atoms with Crippen molar-refractivity contribution in [2.75, 3.05) is 14.2 Å². The van der Waals surface area contributed by atoms with Crippen LogP contribution in [0.3, 0.4) is 0 Å². The molecular formula is C17H19FO6. The molecule has 1 fully saturated rings. The number of carbonyl (C=O) groups is 3. The topological polar surface area (TPSA) is 89.9 Å². The molecular weight excluding hydrogens is 319 g/mol. The molecule has 24 heavy (non-hydrogen) atoms. The van der Waals surface area contributed by atoms with E-state index in [-0.39, 0.29) is 5.56 Å². The van der Waals surface area contributed by atoms with Crippen molar-refractivity contribution < 1.29 is 33.4 Å². The Kier molecular flexibility index (Phi) is 5.03. The third-order valence-corrected chi connectivity index (χ3v) is 4.41. The zero-order chi connectivity index (χ0) is 18.1. The van der Waals surface area contributed by atoms with E-state index in [9.17, 15) is 23.9 Å². The quantitative estimate of drug-likeness (QED) is 0.658. The Morgan fingerprint density at radius 3 is 2.42 bits per heavy atom. The number of Topliss-reactive ketones (excluding diaryl/α,β-unsaturated/α-hetero) is 1. The van der Waals surface area contributed by atoms with E-state index in [2.05, 4.69) is 4.74 Å². The Labute approximate surface area is 138 Å². The monoisotopic (exact) mass is 338 g/mol. The summed E-state index contributed by atoms with van der Waals surface area (Å²) in [4.78, 5) is 36.8. The number of esters is 2. The van der Waals surface area contributed by atoms with Crippen LogP contribution < -0.4 is 0 Å². The van der Waals surface area contributed by atoms with Crippen LogP contribution in [0.2, 0.25) is 0 Å². The van der Waals surface area contributed by atoms with Crippen LogP contribution in [-0.2, 0) is 23.9 Å². The fourth-order valence-electron chi connectivity index (χ4n) is 3.38. The molecule has 1 saturated carbocycles. The van der Waals surface area contributed by atoms with Crippen LogP contribution >= 0.6 is 0 Å². The largest absolute Gasteiger partial charge is 0.469 e. The minimum absolute atomic E-state index is 0.245. The van der Waals surface area contributed by atoms with Crippen LogP contribution in [0.5, 0.6) is 0 Å². The first kappa shape index (κ1) is 18.1. The van der Waals surface area contributed by atoms with Crippen molar-refractivity contribution >= 4 is 17.7 Å². The molecule has 0 spiro atoms. The number of ketones is 1. The predicted molar refractivity (Wildman–Crippen MR) is 80.4 cm³/mol. The number of hydrogen-bond donors (Lipinski definition) is 1. The molecule has 130 valence electrons. The predicted octanol–water partition coefficient (Wildman–Crippen LogP) is 1.21. The first-order valence-corrected chi connectivity index (χ1v) is 7.39. The van der Waals surface area contributed by atoms with Gasteiger partial charge in [-0.1, -0.05) is 12.1 Å². The highest BCUT2D eigenvalue weighted by atomic mass is 19.1. The average Bonchev–Trinajstić information content (AvgIpc) is 2.52. The van der Waals surface area contributed by atoms with Gasteiger partial charge in [-0.3, -0.25) is 14.4 Å². The maximum Gasteiger partial charge on any atom is 0.316 e. The molecule has 0 bridgehead atoms. The third-order valence-electron chi connectivity index (χ3n) is 4.41. The minimum atomic E-state index is -1.73. The molecule has 1 N–H and O–H groups in total. The molecule has 4 atom stereocenters. The van der Waals surface area contributed by atoms with E-state index in [0.29, 0.717) is 0 Å². The van der Waals surface area contributed by atoms with Gasteiger partial charge in [0.2, 0.25) is 0 Å². The van der Waals surface area contributed by atoms with Gasteiger partial charge < -0.3 is 14.6 Å². The summed E-state index contributed by atoms with van der Waals surface area (Å²) in [5.74, 6) is -6.39. The van der Waals surface area contributed by atoms with E-state index in [1.165, 1.54) is 25.1 Å². The van der Waals surface area contributed by atoms with Gasteiger partial charge in [0.05, 0.1) is 25.7 Å². The maximum absolute atomic E-state index is 13.7. The number of rotatable bonds is 3. The summed E-state index contributed by atoms with van der Waals surface area (Å²) in [7, 11) is 2.27. The highest BCUT2D eigenvalue weighted by molar-refractivity contribution is 6.02. The maximum atomic E-state index is 13.7. The first-order valence-electron chi connectivity index (χ1n) is 7.39. The molecule has 1 aliphatic carbocycles. The van der Waals surface area contributed by atoms with Crippen LogP contribution in [0.4, 0.5) is 4.39 Å². The van der Waals surface area contributed by atoms with Crippen molar-refractivity contribution in [1.29, 1.82) is 0 Å². The Bertz CT molecular complexity index is 669. The van der Waals surface area contributed by atoms with Gasteiger partial charge in [-0.05, 0) is 24.6 Å². The van der Waals surface area contributed by atoms with Crippen molar-refractivity contribution in [3.05, 3.63) is 35.6 Å². The zero-order valence-corrected chi connectivity index (χ0v) is 13.6. The van der Waals surface area contributed by atoms with E-state index < -0.39 is 53.3 Å². The molecule has 7 heteroatoms. The molecule has 0 unspecified atom stereocenters. The lowest BCUT2D eigenvalue weighted by molar-refractivity contribution is -0.170. The second kappa shape index (κ2) is 6.68. The minimum Gasteiger partial charge on any atom is -0.469 e. The molecule has 0 aliphatic heterocycles. The van der Waals surface area contributed by atoms with Crippen LogP contribution in [0, 0.1) is 17.7 Å². The molecule has 1 aromatic rings. The van der Waals surface area contributed by atoms with Gasteiger partial charge in [0.25, 0.3) is 0 Å². The van der Waals surface area contributed by atoms with Gasteiger partial charge >= 0.3 is 11.9 Å². The second-order valence-electron chi connectivity index (χ2n) is 6.08. The molecule has 0 amide bonds. The number of halogens is 1. The molecule has 2 rings (SSSR count). The van der Waals surface area contributed by atoms with Crippen molar-refractivity contribution in [3.8, 4) is 0 Å². The van der Waals surface area contributed by atoms with Gasteiger partial charge in [-0.25, -0.2) is 4.39 Å².